The molecule has 0 unspecified atom stereocenters. The van der Waals surface area contributed by atoms with E-state index in [-0.39, 0.29) is 11.4 Å². The molecule has 1 aliphatic rings. The summed E-state index contributed by atoms with van der Waals surface area (Å²) in [7, 11) is 0. The fraction of sp³-hybridized carbons (Fsp3) is 0.261. The van der Waals surface area contributed by atoms with E-state index < -0.39 is 0 Å². The number of thiophene rings is 1. The van der Waals surface area contributed by atoms with E-state index in [1.54, 1.807) is 34.4 Å². The number of fused-ring (bicyclic) bond motifs is 3. The van der Waals surface area contributed by atoms with Gasteiger partial charge in [-0.05, 0) is 66.6 Å². The standard InChI is InChI=1S/C23H19ClFN3OS2/c24-18-11-16(25)6-5-15(18)13-30-23-27-21-20(17-3-1-2-4-19(17)31-21)22(29)28(23)12-14-7-9-26-10-8-14/h5-11H,1-4,12-13H2. The molecule has 3 aromatic heterocycles. The van der Waals surface area contributed by atoms with Crippen LogP contribution >= 0.6 is 34.7 Å². The molecule has 31 heavy (non-hydrogen) atoms. The minimum absolute atomic E-state index is 0.00825. The molecule has 0 fully saturated rings. The highest BCUT2D eigenvalue weighted by molar-refractivity contribution is 7.98. The zero-order chi connectivity index (χ0) is 21.4. The summed E-state index contributed by atoms with van der Waals surface area (Å²) in [6.45, 7) is 0.425. The van der Waals surface area contributed by atoms with Crippen LogP contribution in [-0.4, -0.2) is 14.5 Å². The fourth-order valence-corrected chi connectivity index (χ4v) is 6.54. The summed E-state index contributed by atoms with van der Waals surface area (Å²) in [6.07, 6.45) is 7.69. The topological polar surface area (TPSA) is 47.8 Å². The SMILES string of the molecule is O=c1c2c3c(sc2nc(SCc2ccc(F)cc2Cl)n1Cc1ccncc1)CCCC3. The second kappa shape index (κ2) is 8.73. The summed E-state index contributed by atoms with van der Waals surface area (Å²) in [5, 5.41) is 1.80. The van der Waals surface area contributed by atoms with Crippen molar-refractivity contribution in [2.75, 3.05) is 0 Å². The highest BCUT2D eigenvalue weighted by atomic mass is 35.5. The van der Waals surface area contributed by atoms with E-state index in [0.29, 0.717) is 22.5 Å². The van der Waals surface area contributed by atoms with E-state index in [2.05, 4.69) is 4.98 Å². The Labute approximate surface area is 192 Å². The summed E-state index contributed by atoms with van der Waals surface area (Å²) in [6, 6.07) is 8.20. The van der Waals surface area contributed by atoms with Gasteiger partial charge in [0.2, 0.25) is 0 Å². The van der Waals surface area contributed by atoms with Gasteiger partial charge in [-0.3, -0.25) is 14.3 Å². The molecule has 5 rings (SSSR count). The highest BCUT2D eigenvalue weighted by Gasteiger charge is 2.22. The molecule has 0 radical (unpaired) electrons. The maximum Gasteiger partial charge on any atom is 0.263 e. The van der Waals surface area contributed by atoms with Gasteiger partial charge in [0.1, 0.15) is 10.6 Å². The number of aryl methyl sites for hydroxylation is 2. The Kier molecular flexibility index (Phi) is 5.82. The van der Waals surface area contributed by atoms with Gasteiger partial charge in [0, 0.05) is 28.0 Å². The van der Waals surface area contributed by atoms with Crippen molar-refractivity contribution in [3.8, 4) is 0 Å². The number of rotatable bonds is 5. The Morgan fingerprint density at radius 1 is 1.16 bits per heavy atom. The second-order valence-electron chi connectivity index (χ2n) is 7.56. The second-order valence-corrected chi connectivity index (χ2v) is 9.99. The molecule has 0 bridgehead atoms. The maximum atomic E-state index is 13.6. The Hall–Kier alpha value is -2.22. The molecule has 0 N–H and O–H groups in total. The first-order valence-corrected chi connectivity index (χ1v) is 12.3. The van der Waals surface area contributed by atoms with Crippen LogP contribution in [0, 0.1) is 5.82 Å². The van der Waals surface area contributed by atoms with Crippen molar-refractivity contribution in [3.63, 3.8) is 0 Å². The van der Waals surface area contributed by atoms with Gasteiger partial charge in [0.15, 0.2) is 5.16 Å². The van der Waals surface area contributed by atoms with E-state index in [0.717, 1.165) is 47.0 Å². The smallest absolute Gasteiger partial charge is 0.263 e. The molecule has 0 saturated carbocycles. The van der Waals surface area contributed by atoms with Crippen molar-refractivity contribution in [3.05, 3.63) is 85.5 Å². The maximum absolute atomic E-state index is 13.6. The van der Waals surface area contributed by atoms with Crippen LogP contribution < -0.4 is 5.56 Å². The van der Waals surface area contributed by atoms with Crippen LogP contribution in [0.15, 0.2) is 52.7 Å². The molecular formula is C23H19ClFN3OS2. The third kappa shape index (κ3) is 4.14. The molecule has 0 atom stereocenters. The van der Waals surface area contributed by atoms with Gasteiger partial charge < -0.3 is 0 Å². The molecular weight excluding hydrogens is 453 g/mol. The number of thioether (sulfide) groups is 1. The van der Waals surface area contributed by atoms with Crippen molar-refractivity contribution in [2.45, 2.75) is 43.1 Å². The molecule has 4 nitrogen and oxygen atoms in total. The lowest BCUT2D eigenvalue weighted by molar-refractivity contribution is 0.627. The van der Waals surface area contributed by atoms with E-state index >= 15 is 0 Å². The number of hydrogen-bond acceptors (Lipinski definition) is 5. The molecule has 158 valence electrons. The van der Waals surface area contributed by atoms with Gasteiger partial charge in [-0.15, -0.1) is 11.3 Å². The molecule has 0 aliphatic heterocycles. The normalized spacial score (nSPS) is 13.5. The van der Waals surface area contributed by atoms with E-state index in [4.69, 9.17) is 16.6 Å². The molecule has 8 heteroatoms. The van der Waals surface area contributed by atoms with E-state index in [1.165, 1.54) is 34.3 Å². The molecule has 0 spiro atoms. The van der Waals surface area contributed by atoms with Crippen molar-refractivity contribution in [1.82, 2.24) is 14.5 Å². The molecule has 1 aromatic carbocycles. The first-order chi connectivity index (χ1) is 15.1. The Morgan fingerprint density at radius 3 is 2.77 bits per heavy atom. The van der Waals surface area contributed by atoms with E-state index in [1.807, 2.05) is 12.1 Å². The lowest BCUT2D eigenvalue weighted by atomic mass is 9.97. The number of nitrogens with zero attached hydrogens (tertiary/aromatic N) is 3. The first-order valence-electron chi connectivity index (χ1n) is 10.1. The number of halogens is 2. The quantitative estimate of drug-likeness (QED) is 0.270. The summed E-state index contributed by atoms with van der Waals surface area (Å²) in [4.78, 5) is 24.7. The van der Waals surface area contributed by atoms with Crippen LogP contribution in [0.5, 0.6) is 0 Å². The predicted molar refractivity (Wildman–Crippen MR) is 125 cm³/mol. The molecule has 0 saturated heterocycles. The Bertz CT molecular complexity index is 1320. The van der Waals surface area contributed by atoms with Crippen LogP contribution in [0.25, 0.3) is 10.2 Å². The Morgan fingerprint density at radius 2 is 1.97 bits per heavy atom. The van der Waals surface area contributed by atoms with Gasteiger partial charge in [-0.25, -0.2) is 9.37 Å². The van der Waals surface area contributed by atoms with Crippen molar-refractivity contribution in [2.24, 2.45) is 0 Å². The van der Waals surface area contributed by atoms with Crippen LogP contribution in [0.2, 0.25) is 5.02 Å². The first kappa shape index (κ1) is 20.7. The third-order valence-electron chi connectivity index (χ3n) is 5.50. The van der Waals surface area contributed by atoms with Crippen molar-refractivity contribution >= 4 is 44.9 Å². The van der Waals surface area contributed by atoms with Crippen molar-refractivity contribution < 1.29 is 4.39 Å². The number of aromatic nitrogens is 3. The summed E-state index contributed by atoms with van der Waals surface area (Å²) in [5.41, 5.74) is 2.99. The average Bonchev–Trinajstić information content (AvgIpc) is 3.15. The zero-order valence-electron chi connectivity index (χ0n) is 16.6. The molecule has 4 aromatic rings. The molecule has 1 aliphatic carbocycles. The minimum Gasteiger partial charge on any atom is -0.283 e. The highest BCUT2D eigenvalue weighted by Crippen LogP contribution is 2.35. The van der Waals surface area contributed by atoms with Crippen LogP contribution in [0.4, 0.5) is 4.39 Å². The van der Waals surface area contributed by atoms with Crippen LogP contribution in [0.3, 0.4) is 0 Å². The third-order valence-corrected chi connectivity index (χ3v) is 8.06. The van der Waals surface area contributed by atoms with Crippen LogP contribution in [0.1, 0.15) is 34.4 Å². The van der Waals surface area contributed by atoms with E-state index in [9.17, 15) is 9.18 Å². The van der Waals surface area contributed by atoms with Gasteiger partial charge in [-0.2, -0.15) is 0 Å². The fourth-order valence-electron chi connectivity index (χ4n) is 3.92. The number of pyridine rings is 1. The monoisotopic (exact) mass is 471 g/mol. The summed E-state index contributed by atoms with van der Waals surface area (Å²) < 4.78 is 15.2. The molecule has 0 amide bonds. The van der Waals surface area contributed by atoms with Crippen molar-refractivity contribution in [1.29, 1.82) is 0 Å². The van der Waals surface area contributed by atoms with Gasteiger partial charge in [0.25, 0.3) is 5.56 Å². The summed E-state index contributed by atoms with van der Waals surface area (Å²) in [5.74, 6) is 0.135. The van der Waals surface area contributed by atoms with Crippen LogP contribution in [-0.2, 0) is 25.1 Å². The average molecular weight is 472 g/mol. The number of hydrogen-bond donors (Lipinski definition) is 0. The largest absolute Gasteiger partial charge is 0.283 e. The lowest BCUT2D eigenvalue weighted by Crippen LogP contribution is -2.24. The van der Waals surface area contributed by atoms with Gasteiger partial charge in [0.05, 0.1) is 11.9 Å². The van der Waals surface area contributed by atoms with Gasteiger partial charge in [-0.1, -0.05) is 29.4 Å². The van der Waals surface area contributed by atoms with Gasteiger partial charge >= 0.3 is 0 Å². The lowest BCUT2D eigenvalue weighted by Gasteiger charge is -2.14. The summed E-state index contributed by atoms with van der Waals surface area (Å²) >= 11 is 9.31. The Balaban J connectivity index is 1.59. The number of benzene rings is 1. The zero-order valence-corrected chi connectivity index (χ0v) is 19.0. The minimum atomic E-state index is -0.364. The molecule has 3 heterocycles. The predicted octanol–water partition coefficient (Wildman–Crippen LogP) is 5.86.